The summed E-state index contributed by atoms with van der Waals surface area (Å²) in [5.41, 5.74) is 5.61. The summed E-state index contributed by atoms with van der Waals surface area (Å²) in [6.07, 6.45) is 3.62. The van der Waals surface area contributed by atoms with Crippen LogP contribution in [-0.4, -0.2) is 59.3 Å². The Hall–Kier alpha value is -2.90. The van der Waals surface area contributed by atoms with Gasteiger partial charge in [-0.1, -0.05) is 13.0 Å². The van der Waals surface area contributed by atoms with Gasteiger partial charge in [0, 0.05) is 60.3 Å². The highest BCUT2D eigenvalue weighted by molar-refractivity contribution is 6.09. The summed E-state index contributed by atoms with van der Waals surface area (Å²) in [6, 6.07) is 6.09. The molecule has 0 saturated carbocycles. The molecule has 1 aromatic carbocycles. The number of benzene rings is 1. The van der Waals surface area contributed by atoms with Gasteiger partial charge in [-0.05, 0) is 39.7 Å². The SMILES string of the molecule is CCOC(=O)c1c(CN(C)CC)n(C)c2cc(-c3cccnc3)c3c(c12)CN(C)CO3. The van der Waals surface area contributed by atoms with Gasteiger partial charge >= 0.3 is 5.97 Å². The number of rotatable bonds is 6. The lowest BCUT2D eigenvalue weighted by Crippen LogP contribution is -2.28. The highest BCUT2D eigenvalue weighted by Crippen LogP contribution is 2.43. The van der Waals surface area contributed by atoms with Crippen LogP contribution in [-0.2, 0) is 24.9 Å². The van der Waals surface area contributed by atoms with Crippen molar-refractivity contribution < 1.29 is 14.3 Å². The molecule has 0 unspecified atom stereocenters. The third kappa shape index (κ3) is 3.79. The van der Waals surface area contributed by atoms with E-state index >= 15 is 0 Å². The van der Waals surface area contributed by atoms with Crippen LogP contribution < -0.4 is 4.74 Å². The molecule has 0 spiro atoms. The van der Waals surface area contributed by atoms with Gasteiger partial charge in [-0.25, -0.2) is 4.79 Å². The summed E-state index contributed by atoms with van der Waals surface area (Å²) in [5, 5.41) is 0.926. The van der Waals surface area contributed by atoms with E-state index in [4.69, 9.17) is 9.47 Å². The number of nitrogens with zero attached hydrogens (tertiary/aromatic N) is 4. The van der Waals surface area contributed by atoms with Gasteiger partial charge in [0.25, 0.3) is 0 Å². The number of hydrogen-bond donors (Lipinski definition) is 0. The quantitative estimate of drug-likeness (QED) is 0.565. The topological polar surface area (TPSA) is 59.8 Å². The average molecular weight is 423 g/mol. The molecule has 3 heterocycles. The van der Waals surface area contributed by atoms with Crippen LogP contribution in [0.15, 0.2) is 30.6 Å². The Labute approximate surface area is 183 Å². The molecule has 0 aliphatic carbocycles. The van der Waals surface area contributed by atoms with Crippen molar-refractivity contribution in [2.24, 2.45) is 7.05 Å². The van der Waals surface area contributed by atoms with Crippen molar-refractivity contribution in [2.75, 3.05) is 34.0 Å². The molecular weight excluding hydrogens is 392 g/mol. The number of carbonyl (C=O) groups is 1. The van der Waals surface area contributed by atoms with Crippen LogP contribution in [0.1, 0.15) is 35.5 Å². The van der Waals surface area contributed by atoms with Crippen molar-refractivity contribution >= 4 is 16.9 Å². The Balaban J connectivity index is 2.06. The fourth-order valence-electron chi connectivity index (χ4n) is 4.22. The first-order chi connectivity index (χ1) is 15.0. The van der Waals surface area contributed by atoms with E-state index in [1.807, 2.05) is 39.3 Å². The third-order valence-corrected chi connectivity index (χ3v) is 5.93. The molecule has 7 heteroatoms. The maximum absolute atomic E-state index is 13.2. The van der Waals surface area contributed by atoms with E-state index in [9.17, 15) is 4.79 Å². The van der Waals surface area contributed by atoms with Crippen molar-refractivity contribution in [3.8, 4) is 16.9 Å². The van der Waals surface area contributed by atoms with Crippen molar-refractivity contribution in [3.63, 3.8) is 0 Å². The molecule has 2 aromatic heterocycles. The summed E-state index contributed by atoms with van der Waals surface area (Å²) < 4.78 is 13.8. The smallest absolute Gasteiger partial charge is 0.340 e. The molecule has 0 fully saturated rings. The molecule has 0 atom stereocenters. The highest BCUT2D eigenvalue weighted by atomic mass is 16.5. The molecule has 31 heavy (non-hydrogen) atoms. The van der Waals surface area contributed by atoms with Crippen LogP contribution in [0.3, 0.4) is 0 Å². The maximum atomic E-state index is 13.2. The Morgan fingerprint density at radius 2 is 2.13 bits per heavy atom. The summed E-state index contributed by atoms with van der Waals surface area (Å²) >= 11 is 0. The van der Waals surface area contributed by atoms with Gasteiger partial charge in [-0.2, -0.15) is 0 Å². The van der Waals surface area contributed by atoms with E-state index in [2.05, 4.69) is 39.4 Å². The first kappa shape index (κ1) is 21.3. The van der Waals surface area contributed by atoms with Gasteiger partial charge in [0.1, 0.15) is 12.5 Å². The number of carbonyl (C=O) groups excluding carboxylic acids is 1. The van der Waals surface area contributed by atoms with E-state index in [-0.39, 0.29) is 5.97 Å². The third-order valence-electron chi connectivity index (χ3n) is 5.93. The lowest BCUT2D eigenvalue weighted by Gasteiger charge is -2.28. The Morgan fingerprint density at radius 3 is 2.81 bits per heavy atom. The van der Waals surface area contributed by atoms with Gasteiger partial charge in [-0.3, -0.25) is 9.88 Å². The molecule has 0 amide bonds. The maximum Gasteiger partial charge on any atom is 0.340 e. The molecule has 4 rings (SSSR count). The monoisotopic (exact) mass is 422 g/mol. The van der Waals surface area contributed by atoms with Crippen molar-refractivity contribution in [2.45, 2.75) is 26.9 Å². The minimum absolute atomic E-state index is 0.280. The predicted molar refractivity (Wildman–Crippen MR) is 121 cm³/mol. The largest absolute Gasteiger partial charge is 0.477 e. The molecule has 1 aliphatic rings. The van der Waals surface area contributed by atoms with Crippen LogP contribution in [0.25, 0.3) is 22.0 Å². The minimum Gasteiger partial charge on any atom is -0.477 e. The molecule has 7 nitrogen and oxygen atoms in total. The number of aromatic nitrogens is 2. The van der Waals surface area contributed by atoms with Crippen molar-refractivity contribution in [1.29, 1.82) is 0 Å². The molecule has 0 saturated heterocycles. The second-order valence-electron chi connectivity index (χ2n) is 8.09. The molecule has 1 aliphatic heterocycles. The molecule has 0 N–H and O–H groups in total. The first-order valence-corrected chi connectivity index (χ1v) is 10.7. The Bertz CT molecular complexity index is 1110. The first-order valence-electron chi connectivity index (χ1n) is 10.7. The van der Waals surface area contributed by atoms with Gasteiger partial charge in [0.15, 0.2) is 0 Å². The van der Waals surface area contributed by atoms with Crippen LogP contribution in [0.2, 0.25) is 0 Å². The summed E-state index contributed by atoms with van der Waals surface area (Å²) in [6.45, 7) is 7.02. The fourth-order valence-corrected chi connectivity index (χ4v) is 4.22. The standard InChI is InChI=1S/C24H30N4O3/c1-6-26(3)14-20-22(24(29)30-7-2)21-18-13-27(4)15-31-23(18)17(11-19(21)28(20)5)16-9-8-10-25-12-16/h8-12H,6-7,13-15H2,1-5H3. The zero-order valence-electron chi connectivity index (χ0n) is 18.9. The number of fused-ring (bicyclic) bond motifs is 3. The van der Waals surface area contributed by atoms with Gasteiger partial charge in [-0.15, -0.1) is 0 Å². The van der Waals surface area contributed by atoms with Crippen molar-refractivity contribution in [1.82, 2.24) is 19.4 Å². The van der Waals surface area contributed by atoms with Gasteiger partial charge < -0.3 is 18.9 Å². The molecular formula is C24H30N4O3. The highest BCUT2D eigenvalue weighted by Gasteiger charge is 2.30. The molecule has 3 aromatic rings. The minimum atomic E-state index is -0.280. The Kier molecular flexibility index (Phi) is 5.98. The number of aryl methyl sites for hydroxylation is 1. The van der Waals surface area contributed by atoms with E-state index in [1.165, 1.54) is 0 Å². The van der Waals surface area contributed by atoms with Gasteiger partial charge in [0.2, 0.25) is 0 Å². The van der Waals surface area contributed by atoms with E-state index in [1.54, 1.807) is 6.20 Å². The lowest BCUT2D eigenvalue weighted by atomic mass is 9.96. The fraction of sp³-hybridized carbons (Fsp3) is 0.417. The number of esters is 1. The normalized spacial score (nSPS) is 14.0. The van der Waals surface area contributed by atoms with Crippen LogP contribution in [0.5, 0.6) is 5.75 Å². The number of pyridine rings is 1. The van der Waals surface area contributed by atoms with E-state index in [0.29, 0.717) is 32.0 Å². The van der Waals surface area contributed by atoms with Crippen LogP contribution in [0.4, 0.5) is 0 Å². The van der Waals surface area contributed by atoms with E-state index in [0.717, 1.165) is 45.6 Å². The zero-order valence-corrected chi connectivity index (χ0v) is 18.9. The Morgan fingerprint density at radius 1 is 1.32 bits per heavy atom. The van der Waals surface area contributed by atoms with Crippen molar-refractivity contribution in [3.05, 3.63) is 47.4 Å². The molecule has 0 radical (unpaired) electrons. The zero-order chi connectivity index (χ0) is 22.1. The van der Waals surface area contributed by atoms with Crippen LogP contribution in [0, 0.1) is 0 Å². The average Bonchev–Trinajstić information content (AvgIpc) is 3.05. The second-order valence-corrected chi connectivity index (χ2v) is 8.09. The second kappa shape index (κ2) is 8.69. The van der Waals surface area contributed by atoms with Crippen LogP contribution >= 0.6 is 0 Å². The summed E-state index contributed by atoms with van der Waals surface area (Å²) in [5.74, 6) is 0.544. The summed E-state index contributed by atoms with van der Waals surface area (Å²) in [4.78, 5) is 21.8. The molecule has 0 bridgehead atoms. The molecule has 164 valence electrons. The summed E-state index contributed by atoms with van der Waals surface area (Å²) in [7, 11) is 6.10. The van der Waals surface area contributed by atoms with Gasteiger partial charge in [0.05, 0.1) is 17.7 Å². The number of ether oxygens (including phenoxy) is 2. The lowest BCUT2D eigenvalue weighted by molar-refractivity contribution is 0.0526. The van der Waals surface area contributed by atoms with E-state index < -0.39 is 0 Å². The number of hydrogen-bond acceptors (Lipinski definition) is 6. The predicted octanol–water partition coefficient (Wildman–Crippen LogP) is 3.65.